The second-order valence-corrected chi connectivity index (χ2v) is 7.24. The van der Waals surface area contributed by atoms with Gasteiger partial charge in [0.2, 0.25) is 5.91 Å². The molecule has 0 aromatic heterocycles. The fraction of sp³-hybridized carbons (Fsp3) is 0.611. The summed E-state index contributed by atoms with van der Waals surface area (Å²) in [6.45, 7) is 6.18. The number of nitrogens with one attached hydrogen (secondary N) is 1. The van der Waals surface area contributed by atoms with Gasteiger partial charge < -0.3 is 15.0 Å². The Morgan fingerprint density at radius 1 is 1.27 bits per heavy atom. The molecule has 0 radical (unpaired) electrons. The highest BCUT2D eigenvalue weighted by Gasteiger charge is 2.35. The number of piperidine rings is 1. The van der Waals surface area contributed by atoms with Crippen LogP contribution in [0.3, 0.4) is 0 Å². The Morgan fingerprint density at radius 2 is 1.95 bits per heavy atom. The number of ether oxygens (including phenoxy) is 1. The maximum atomic E-state index is 12.6. The minimum atomic E-state index is -0.251. The summed E-state index contributed by atoms with van der Waals surface area (Å²) in [5.74, 6) is 1.24. The lowest BCUT2D eigenvalue weighted by molar-refractivity contribution is -0.127. The number of hydrogen-bond donors (Lipinski definition) is 1. The van der Waals surface area contributed by atoms with Crippen molar-refractivity contribution in [1.29, 1.82) is 0 Å². The number of hydrogen-bond acceptors (Lipinski definition) is 3. The third-order valence-corrected chi connectivity index (χ3v) is 4.78. The number of carbonyl (C=O) groups excluding carboxylic acids is 1. The van der Waals surface area contributed by atoms with E-state index >= 15 is 0 Å². The predicted octanol–water partition coefficient (Wildman–Crippen LogP) is 2.75. The van der Waals surface area contributed by atoms with E-state index in [0.717, 1.165) is 43.7 Å². The van der Waals surface area contributed by atoms with Crippen molar-refractivity contribution in [3.63, 3.8) is 0 Å². The van der Waals surface area contributed by atoms with Gasteiger partial charge in [-0.1, -0.05) is 18.2 Å². The van der Waals surface area contributed by atoms with Crippen LogP contribution in [0.25, 0.3) is 0 Å². The average molecular weight is 302 g/mol. The number of likely N-dealkylation sites (tertiary alicyclic amines) is 1. The quantitative estimate of drug-likeness (QED) is 0.913. The first-order chi connectivity index (χ1) is 10.4. The van der Waals surface area contributed by atoms with Crippen LogP contribution in [-0.2, 0) is 4.79 Å². The lowest BCUT2D eigenvalue weighted by Crippen LogP contribution is -2.44. The normalized spacial score (nSPS) is 25.1. The number of para-hydroxylation sites is 1. The van der Waals surface area contributed by atoms with Crippen molar-refractivity contribution in [1.82, 2.24) is 10.2 Å². The molecule has 2 aliphatic rings. The maximum absolute atomic E-state index is 12.6. The largest absolute Gasteiger partial charge is 0.487 e. The Bertz CT molecular complexity index is 548. The molecule has 1 N–H and O–H groups in total. The van der Waals surface area contributed by atoms with E-state index in [0.29, 0.717) is 0 Å². The van der Waals surface area contributed by atoms with E-state index in [1.54, 1.807) is 0 Å². The van der Waals surface area contributed by atoms with Crippen molar-refractivity contribution in [3.8, 4) is 5.75 Å². The molecule has 1 saturated heterocycles. The molecule has 0 aliphatic carbocycles. The molecule has 22 heavy (non-hydrogen) atoms. The van der Waals surface area contributed by atoms with E-state index < -0.39 is 0 Å². The molecule has 120 valence electrons. The molecule has 1 aromatic rings. The Balaban J connectivity index is 1.73. The highest BCUT2D eigenvalue weighted by atomic mass is 16.5. The van der Waals surface area contributed by atoms with E-state index in [1.807, 2.05) is 18.2 Å². The Kier molecular flexibility index (Phi) is 4.13. The number of benzene rings is 1. The smallest absolute Gasteiger partial charge is 0.223 e. The molecule has 4 heteroatoms. The standard InChI is InChI=1S/C18H26N2O2/c1-18(2)12-15(14-6-4-5-7-16(14)22-18)19-17(21)13-8-10-20(3)11-9-13/h4-7,13,15H,8-12H2,1-3H3,(H,19,21). The van der Waals surface area contributed by atoms with Crippen molar-refractivity contribution in [2.45, 2.75) is 44.8 Å². The summed E-state index contributed by atoms with van der Waals surface area (Å²) in [6, 6.07) is 8.09. The van der Waals surface area contributed by atoms with Crippen molar-refractivity contribution in [2.24, 2.45) is 5.92 Å². The number of nitrogens with zero attached hydrogens (tertiary/aromatic N) is 1. The molecule has 3 rings (SSSR count). The van der Waals surface area contributed by atoms with Gasteiger partial charge in [0.15, 0.2) is 0 Å². The first-order valence-corrected chi connectivity index (χ1v) is 8.21. The SMILES string of the molecule is CN1CCC(C(=O)NC2CC(C)(C)Oc3ccccc32)CC1. The number of amides is 1. The molecular formula is C18H26N2O2. The van der Waals surface area contributed by atoms with Crippen LogP contribution in [0.15, 0.2) is 24.3 Å². The zero-order valence-corrected chi connectivity index (χ0v) is 13.8. The Labute approximate surface area is 132 Å². The summed E-state index contributed by atoms with van der Waals surface area (Å²) >= 11 is 0. The lowest BCUT2D eigenvalue weighted by Gasteiger charge is -2.38. The van der Waals surface area contributed by atoms with Gasteiger partial charge in [-0.3, -0.25) is 4.79 Å². The lowest BCUT2D eigenvalue weighted by atomic mass is 9.88. The van der Waals surface area contributed by atoms with Crippen molar-refractivity contribution in [2.75, 3.05) is 20.1 Å². The first-order valence-electron chi connectivity index (χ1n) is 8.21. The van der Waals surface area contributed by atoms with Crippen LogP contribution >= 0.6 is 0 Å². The predicted molar refractivity (Wildman–Crippen MR) is 86.9 cm³/mol. The van der Waals surface area contributed by atoms with E-state index in [1.165, 1.54) is 0 Å². The summed E-state index contributed by atoms with van der Waals surface area (Å²) < 4.78 is 6.03. The summed E-state index contributed by atoms with van der Waals surface area (Å²) in [5.41, 5.74) is 0.849. The van der Waals surface area contributed by atoms with Crippen LogP contribution < -0.4 is 10.1 Å². The summed E-state index contributed by atoms with van der Waals surface area (Å²) in [5, 5.41) is 3.28. The van der Waals surface area contributed by atoms with Crippen LogP contribution in [0.5, 0.6) is 5.75 Å². The van der Waals surface area contributed by atoms with Gasteiger partial charge in [0.1, 0.15) is 11.4 Å². The molecule has 1 aromatic carbocycles. The molecule has 2 aliphatic heterocycles. The van der Waals surface area contributed by atoms with Gasteiger partial charge in [-0.15, -0.1) is 0 Å². The minimum absolute atomic E-state index is 0.0482. The first kappa shape index (κ1) is 15.3. The van der Waals surface area contributed by atoms with Gasteiger partial charge in [0.25, 0.3) is 0 Å². The fourth-order valence-electron chi connectivity index (χ4n) is 3.49. The van der Waals surface area contributed by atoms with E-state index in [4.69, 9.17) is 4.74 Å². The van der Waals surface area contributed by atoms with Crippen LogP contribution in [0.2, 0.25) is 0 Å². The fourth-order valence-corrected chi connectivity index (χ4v) is 3.49. The molecule has 0 spiro atoms. The van der Waals surface area contributed by atoms with Gasteiger partial charge >= 0.3 is 0 Å². The maximum Gasteiger partial charge on any atom is 0.223 e. The third-order valence-electron chi connectivity index (χ3n) is 4.78. The second kappa shape index (κ2) is 5.92. The minimum Gasteiger partial charge on any atom is -0.487 e. The molecule has 0 saturated carbocycles. The van der Waals surface area contributed by atoms with Crippen LogP contribution in [0, 0.1) is 5.92 Å². The number of rotatable bonds is 2. The second-order valence-electron chi connectivity index (χ2n) is 7.24. The molecule has 1 amide bonds. The highest BCUT2D eigenvalue weighted by Crippen LogP contribution is 2.39. The highest BCUT2D eigenvalue weighted by molar-refractivity contribution is 5.79. The topological polar surface area (TPSA) is 41.6 Å². The molecule has 0 bridgehead atoms. The molecule has 4 nitrogen and oxygen atoms in total. The van der Waals surface area contributed by atoms with E-state index in [9.17, 15) is 4.79 Å². The molecule has 1 unspecified atom stereocenters. The van der Waals surface area contributed by atoms with Gasteiger partial charge in [0, 0.05) is 17.9 Å². The van der Waals surface area contributed by atoms with Crippen LogP contribution in [-0.4, -0.2) is 36.5 Å². The zero-order valence-electron chi connectivity index (χ0n) is 13.8. The van der Waals surface area contributed by atoms with Crippen molar-refractivity contribution in [3.05, 3.63) is 29.8 Å². The van der Waals surface area contributed by atoms with Gasteiger partial charge in [-0.2, -0.15) is 0 Å². The number of carbonyl (C=O) groups is 1. The monoisotopic (exact) mass is 302 g/mol. The van der Waals surface area contributed by atoms with Crippen molar-refractivity contribution >= 4 is 5.91 Å². The average Bonchev–Trinajstić information content (AvgIpc) is 2.46. The van der Waals surface area contributed by atoms with E-state index in [-0.39, 0.29) is 23.5 Å². The Hall–Kier alpha value is -1.55. The zero-order chi connectivity index (χ0) is 15.7. The molecule has 2 heterocycles. The van der Waals surface area contributed by atoms with Gasteiger partial charge in [-0.05, 0) is 52.9 Å². The van der Waals surface area contributed by atoms with Crippen molar-refractivity contribution < 1.29 is 9.53 Å². The van der Waals surface area contributed by atoms with Crippen LogP contribution in [0.1, 0.15) is 44.7 Å². The molecular weight excluding hydrogens is 276 g/mol. The summed E-state index contributed by atoms with van der Waals surface area (Å²) in [6.07, 6.45) is 2.72. The van der Waals surface area contributed by atoms with Crippen LogP contribution in [0.4, 0.5) is 0 Å². The molecule has 1 fully saturated rings. The van der Waals surface area contributed by atoms with Gasteiger partial charge in [-0.25, -0.2) is 0 Å². The molecule has 1 atom stereocenters. The third kappa shape index (κ3) is 3.27. The van der Waals surface area contributed by atoms with Gasteiger partial charge in [0.05, 0.1) is 6.04 Å². The Morgan fingerprint density at radius 3 is 2.68 bits per heavy atom. The van der Waals surface area contributed by atoms with E-state index in [2.05, 4.69) is 37.2 Å². The summed E-state index contributed by atoms with van der Waals surface area (Å²) in [4.78, 5) is 14.9. The summed E-state index contributed by atoms with van der Waals surface area (Å²) in [7, 11) is 2.12. The number of fused-ring (bicyclic) bond motifs is 1.